The molecule has 0 aliphatic heterocycles. The molecule has 0 aliphatic carbocycles. The summed E-state index contributed by atoms with van der Waals surface area (Å²) < 4.78 is 0. The van der Waals surface area contributed by atoms with Crippen molar-refractivity contribution in [3.63, 3.8) is 0 Å². The predicted molar refractivity (Wildman–Crippen MR) is 59.0 cm³/mol. The number of nitrogens with zero attached hydrogens (tertiary/aromatic N) is 3. The van der Waals surface area contributed by atoms with Gasteiger partial charge in [-0.2, -0.15) is 0 Å². The Morgan fingerprint density at radius 3 is 1.71 bits per heavy atom. The Morgan fingerprint density at radius 2 is 1.36 bits per heavy atom. The minimum atomic E-state index is 0.953. The van der Waals surface area contributed by atoms with E-state index in [9.17, 15) is 0 Å². The normalized spacial score (nSPS) is 11.3. The molecule has 0 saturated carbocycles. The molecule has 0 fully saturated rings. The van der Waals surface area contributed by atoms with E-state index in [0.29, 0.717) is 0 Å². The Labute approximate surface area is 86.4 Å². The lowest BCUT2D eigenvalue weighted by Gasteiger charge is -2.12. The van der Waals surface area contributed by atoms with Gasteiger partial charge in [0.05, 0.1) is 0 Å². The summed E-state index contributed by atoms with van der Waals surface area (Å²) in [6.45, 7) is 1.91. The largest absolute Gasteiger partial charge is 0.305 e. The van der Waals surface area contributed by atoms with Gasteiger partial charge in [0.15, 0.2) is 0 Å². The number of pyridine rings is 1. The Balaban J connectivity index is 2.68. The monoisotopic (exact) mass is 193 g/mol. The number of aromatic nitrogens is 1. The third kappa shape index (κ3) is 3.85. The van der Waals surface area contributed by atoms with Crippen LogP contribution in [-0.4, -0.2) is 43.0 Å². The lowest BCUT2D eigenvalue weighted by atomic mass is 10.2. The SMILES string of the molecule is CN(C)Cc1cncc(CN(C)C)c1. The van der Waals surface area contributed by atoms with E-state index in [-0.39, 0.29) is 0 Å². The highest BCUT2D eigenvalue weighted by atomic mass is 15.1. The van der Waals surface area contributed by atoms with Gasteiger partial charge in [-0.25, -0.2) is 0 Å². The van der Waals surface area contributed by atoms with Crippen LogP contribution in [-0.2, 0) is 13.1 Å². The summed E-state index contributed by atoms with van der Waals surface area (Å²) in [6.07, 6.45) is 3.86. The van der Waals surface area contributed by atoms with E-state index >= 15 is 0 Å². The molecule has 0 aliphatic rings. The summed E-state index contributed by atoms with van der Waals surface area (Å²) in [5.74, 6) is 0. The minimum absolute atomic E-state index is 0.953. The van der Waals surface area contributed by atoms with Crippen LogP contribution in [0.2, 0.25) is 0 Å². The molecule has 1 rings (SSSR count). The van der Waals surface area contributed by atoms with Crippen molar-refractivity contribution in [1.29, 1.82) is 0 Å². The smallest absolute Gasteiger partial charge is 0.0313 e. The van der Waals surface area contributed by atoms with Gasteiger partial charge in [-0.1, -0.05) is 6.07 Å². The zero-order valence-electron chi connectivity index (χ0n) is 9.49. The number of hydrogen-bond donors (Lipinski definition) is 0. The molecular formula is C11H19N3. The average Bonchev–Trinajstić information content (AvgIpc) is 2.01. The first-order valence-corrected chi connectivity index (χ1v) is 4.80. The van der Waals surface area contributed by atoms with E-state index in [0.717, 1.165) is 13.1 Å². The Bertz CT molecular complexity index is 256. The molecular weight excluding hydrogens is 174 g/mol. The summed E-state index contributed by atoms with van der Waals surface area (Å²) in [4.78, 5) is 8.54. The van der Waals surface area contributed by atoms with Crippen molar-refractivity contribution in [3.05, 3.63) is 29.6 Å². The summed E-state index contributed by atoms with van der Waals surface area (Å²) in [6, 6.07) is 2.22. The highest BCUT2D eigenvalue weighted by Crippen LogP contribution is 2.06. The first-order chi connectivity index (χ1) is 6.58. The fourth-order valence-electron chi connectivity index (χ4n) is 1.44. The Morgan fingerprint density at radius 1 is 0.929 bits per heavy atom. The Hall–Kier alpha value is -0.930. The van der Waals surface area contributed by atoms with Gasteiger partial charge >= 0.3 is 0 Å². The fraction of sp³-hybridized carbons (Fsp3) is 0.545. The lowest BCUT2D eigenvalue weighted by molar-refractivity contribution is 0.394. The second-order valence-electron chi connectivity index (χ2n) is 4.18. The van der Waals surface area contributed by atoms with Crippen LogP contribution in [0.15, 0.2) is 18.5 Å². The predicted octanol–water partition coefficient (Wildman–Crippen LogP) is 1.20. The van der Waals surface area contributed by atoms with Crippen molar-refractivity contribution < 1.29 is 0 Å². The van der Waals surface area contributed by atoms with Crippen LogP contribution in [0.3, 0.4) is 0 Å². The molecule has 0 N–H and O–H groups in total. The summed E-state index contributed by atoms with van der Waals surface area (Å²) >= 11 is 0. The van der Waals surface area contributed by atoms with Gasteiger partial charge in [-0.15, -0.1) is 0 Å². The molecule has 0 bridgehead atoms. The van der Waals surface area contributed by atoms with Crippen LogP contribution in [0.4, 0.5) is 0 Å². The molecule has 1 heterocycles. The van der Waals surface area contributed by atoms with Crippen LogP contribution in [0.1, 0.15) is 11.1 Å². The van der Waals surface area contributed by atoms with Crippen LogP contribution in [0, 0.1) is 0 Å². The molecule has 0 aromatic carbocycles. The zero-order valence-corrected chi connectivity index (χ0v) is 9.49. The maximum atomic E-state index is 4.24. The zero-order chi connectivity index (χ0) is 10.6. The highest BCUT2D eigenvalue weighted by Gasteiger charge is 1.99. The van der Waals surface area contributed by atoms with Crippen LogP contribution in [0.5, 0.6) is 0 Å². The topological polar surface area (TPSA) is 19.4 Å². The molecule has 0 spiro atoms. The van der Waals surface area contributed by atoms with E-state index in [1.165, 1.54) is 11.1 Å². The maximum Gasteiger partial charge on any atom is 0.0313 e. The standard InChI is InChI=1S/C11H19N3/c1-13(2)8-10-5-11(7-12-6-10)9-14(3)4/h5-7H,8-9H2,1-4H3. The van der Waals surface area contributed by atoms with Gasteiger partial charge in [0.25, 0.3) is 0 Å². The third-order valence-corrected chi connectivity index (χ3v) is 1.85. The minimum Gasteiger partial charge on any atom is -0.305 e. The second-order valence-corrected chi connectivity index (χ2v) is 4.18. The lowest BCUT2D eigenvalue weighted by Crippen LogP contribution is -2.13. The van der Waals surface area contributed by atoms with E-state index in [1.807, 2.05) is 12.4 Å². The molecule has 3 heteroatoms. The molecule has 0 amide bonds. The highest BCUT2D eigenvalue weighted by molar-refractivity contribution is 5.17. The molecule has 78 valence electrons. The fourth-order valence-corrected chi connectivity index (χ4v) is 1.44. The van der Waals surface area contributed by atoms with Gasteiger partial charge in [0.1, 0.15) is 0 Å². The van der Waals surface area contributed by atoms with Crippen molar-refractivity contribution in [2.75, 3.05) is 28.2 Å². The van der Waals surface area contributed by atoms with E-state index in [1.54, 1.807) is 0 Å². The average molecular weight is 193 g/mol. The van der Waals surface area contributed by atoms with Crippen molar-refractivity contribution >= 4 is 0 Å². The van der Waals surface area contributed by atoms with E-state index in [2.05, 4.69) is 49.0 Å². The van der Waals surface area contributed by atoms with Gasteiger partial charge in [0, 0.05) is 25.5 Å². The van der Waals surface area contributed by atoms with Gasteiger partial charge in [-0.3, -0.25) is 4.98 Å². The first-order valence-electron chi connectivity index (χ1n) is 4.80. The summed E-state index contributed by atoms with van der Waals surface area (Å²) in [5.41, 5.74) is 2.55. The van der Waals surface area contributed by atoms with Gasteiger partial charge in [0.2, 0.25) is 0 Å². The van der Waals surface area contributed by atoms with Crippen molar-refractivity contribution in [2.45, 2.75) is 13.1 Å². The van der Waals surface area contributed by atoms with E-state index < -0.39 is 0 Å². The molecule has 3 nitrogen and oxygen atoms in total. The van der Waals surface area contributed by atoms with E-state index in [4.69, 9.17) is 0 Å². The molecule has 0 saturated heterocycles. The van der Waals surface area contributed by atoms with Gasteiger partial charge in [-0.05, 0) is 39.3 Å². The van der Waals surface area contributed by atoms with Crippen LogP contribution < -0.4 is 0 Å². The maximum absolute atomic E-state index is 4.24. The van der Waals surface area contributed by atoms with Crippen molar-refractivity contribution in [1.82, 2.24) is 14.8 Å². The molecule has 1 aromatic rings. The summed E-state index contributed by atoms with van der Waals surface area (Å²) in [5, 5.41) is 0. The first kappa shape index (κ1) is 11.1. The number of rotatable bonds is 4. The molecule has 14 heavy (non-hydrogen) atoms. The second kappa shape index (κ2) is 5.08. The van der Waals surface area contributed by atoms with Crippen LogP contribution >= 0.6 is 0 Å². The van der Waals surface area contributed by atoms with Crippen molar-refractivity contribution in [2.24, 2.45) is 0 Å². The summed E-state index contributed by atoms with van der Waals surface area (Å²) in [7, 11) is 8.27. The third-order valence-electron chi connectivity index (χ3n) is 1.85. The van der Waals surface area contributed by atoms with Crippen LogP contribution in [0.25, 0.3) is 0 Å². The molecule has 1 aromatic heterocycles. The Kier molecular flexibility index (Phi) is 4.04. The number of hydrogen-bond acceptors (Lipinski definition) is 3. The molecule has 0 radical (unpaired) electrons. The van der Waals surface area contributed by atoms with Crippen molar-refractivity contribution in [3.8, 4) is 0 Å². The molecule has 0 unspecified atom stereocenters. The quantitative estimate of drug-likeness (QED) is 0.716. The van der Waals surface area contributed by atoms with Gasteiger partial charge < -0.3 is 9.80 Å². The molecule has 0 atom stereocenters.